The highest BCUT2D eigenvalue weighted by Gasteiger charge is 2.10. The molecule has 0 heterocycles. The Labute approximate surface area is 243 Å². The van der Waals surface area contributed by atoms with E-state index >= 15 is 0 Å². The SMILES string of the molecule is Cc1ccc([C@@H](C)NC(=O)CCCCCCC#CC#CCCCCCCC(=O)N[C@H](C)c2ccc(C)cc2)cc1. The molecule has 2 amide bonds. The quantitative estimate of drug-likeness (QED) is 0.167. The maximum Gasteiger partial charge on any atom is 0.220 e. The smallest absolute Gasteiger partial charge is 0.220 e. The highest BCUT2D eigenvalue weighted by molar-refractivity contribution is 5.76. The number of benzene rings is 2. The first-order chi connectivity index (χ1) is 19.3. The fourth-order valence-electron chi connectivity index (χ4n) is 4.42. The molecule has 0 radical (unpaired) electrons. The van der Waals surface area contributed by atoms with Crippen LogP contribution in [-0.2, 0) is 9.59 Å². The van der Waals surface area contributed by atoms with Crippen LogP contribution in [0, 0.1) is 37.5 Å². The molecule has 0 fully saturated rings. The van der Waals surface area contributed by atoms with Crippen LogP contribution in [0.5, 0.6) is 0 Å². The number of aryl methyl sites for hydroxylation is 2. The summed E-state index contributed by atoms with van der Waals surface area (Å²) in [5.41, 5.74) is 4.73. The van der Waals surface area contributed by atoms with Crippen LogP contribution in [0.15, 0.2) is 48.5 Å². The van der Waals surface area contributed by atoms with Crippen LogP contribution >= 0.6 is 0 Å². The largest absolute Gasteiger partial charge is 0.350 e. The Balaban J connectivity index is 1.40. The van der Waals surface area contributed by atoms with Gasteiger partial charge < -0.3 is 10.6 Å². The van der Waals surface area contributed by atoms with E-state index in [9.17, 15) is 9.59 Å². The van der Waals surface area contributed by atoms with E-state index in [1.165, 1.54) is 11.1 Å². The molecule has 4 heteroatoms. The summed E-state index contributed by atoms with van der Waals surface area (Å²) >= 11 is 0. The third-order valence-corrected chi connectivity index (χ3v) is 7.06. The van der Waals surface area contributed by atoms with E-state index in [4.69, 9.17) is 0 Å². The van der Waals surface area contributed by atoms with Crippen molar-refractivity contribution in [1.82, 2.24) is 10.6 Å². The van der Waals surface area contributed by atoms with Crippen molar-refractivity contribution in [2.75, 3.05) is 0 Å². The zero-order chi connectivity index (χ0) is 29.0. The van der Waals surface area contributed by atoms with Crippen molar-refractivity contribution in [3.8, 4) is 23.7 Å². The number of hydrogen-bond donors (Lipinski definition) is 2. The number of nitrogens with one attached hydrogen (secondary N) is 2. The van der Waals surface area contributed by atoms with Gasteiger partial charge in [-0.2, -0.15) is 0 Å². The van der Waals surface area contributed by atoms with Gasteiger partial charge in [-0.15, -0.1) is 0 Å². The molecular weight excluding hydrogens is 492 g/mol. The summed E-state index contributed by atoms with van der Waals surface area (Å²) in [4.78, 5) is 24.4. The standard InChI is InChI=1S/C36H48N2O2/c1-29-21-25-33(26-22-29)31(3)37-35(39)19-17-15-13-11-9-7-5-6-8-10-12-14-16-18-20-36(40)38-32(4)34-27-23-30(2)24-28-34/h21-28,31-32H,9-20H2,1-4H3,(H,37,39)(H,38,40)/t31-,32-/m1/s1. The first-order valence-electron chi connectivity index (χ1n) is 15.0. The number of rotatable bonds is 16. The molecule has 0 spiro atoms. The Morgan fingerprint density at radius 1 is 0.575 bits per heavy atom. The predicted octanol–water partition coefficient (Wildman–Crippen LogP) is 8.05. The van der Waals surface area contributed by atoms with Gasteiger partial charge in [0.25, 0.3) is 0 Å². The monoisotopic (exact) mass is 540 g/mol. The molecule has 2 rings (SSSR count). The number of carbonyl (C=O) groups excluding carboxylic acids is 2. The van der Waals surface area contributed by atoms with E-state index in [1.54, 1.807) is 0 Å². The van der Waals surface area contributed by atoms with Crippen LogP contribution in [0.1, 0.15) is 125 Å². The predicted molar refractivity (Wildman–Crippen MR) is 166 cm³/mol. The van der Waals surface area contributed by atoms with Crippen molar-refractivity contribution in [2.24, 2.45) is 0 Å². The van der Waals surface area contributed by atoms with Crippen molar-refractivity contribution in [1.29, 1.82) is 0 Å². The second-order valence-electron chi connectivity index (χ2n) is 10.8. The molecule has 0 aliphatic heterocycles. The molecule has 2 atom stereocenters. The van der Waals surface area contributed by atoms with E-state index in [0.29, 0.717) is 12.8 Å². The van der Waals surface area contributed by atoms with Crippen LogP contribution in [-0.4, -0.2) is 11.8 Å². The normalized spacial score (nSPS) is 11.8. The number of amides is 2. The van der Waals surface area contributed by atoms with Crippen molar-refractivity contribution in [3.63, 3.8) is 0 Å². The van der Waals surface area contributed by atoms with E-state index < -0.39 is 0 Å². The molecule has 0 aliphatic rings. The maximum atomic E-state index is 12.2. The minimum atomic E-state index is 0.0432. The molecule has 0 bridgehead atoms. The van der Waals surface area contributed by atoms with E-state index in [1.807, 2.05) is 13.8 Å². The summed E-state index contributed by atoms with van der Waals surface area (Å²) in [6.45, 7) is 8.19. The van der Waals surface area contributed by atoms with E-state index in [0.717, 1.165) is 75.3 Å². The summed E-state index contributed by atoms with van der Waals surface area (Å²) in [5, 5.41) is 6.18. The summed E-state index contributed by atoms with van der Waals surface area (Å²) < 4.78 is 0. The van der Waals surface area contributed by atoms with Crippen molar-refractivity contribution in [3.05, 3.63) is 70.8 Å². The van der Waals surface area contributed by atoms with E-state index in [2.05, 4.69) is 96.7 Å². The molecule has 2 N–H and O–H groups in total. The van der Waals surface area contributed by atoms with Crippen molar-refractivity contribution >= 4 is 11.8 Å². The van der Waals surface area contributed by atoms with Gasteiger partial charge in [0.05, 0.1) is 12.1 Å². The summed E-state index contributed by atoms with van der Waals surface area (Å²) in [6.07, 6.45) is 11.1. The molecule has 4 nitrogen and oxygen atoms in total. The Morgan fingerprint density at radius 3 is 1.30 bits per heavy atom. The molecule has 0 aromatic heterocycles. The van der Waals surface area contributed by atoms with Gasteiger partial charge in [0.2, 0.25) is 11.8 Å². The van der Waals surface area contributed by atoms with Crippen LogP contribution in [0.25, 0.3) is 0 Å². The van der Waals surface area contributed by atoms with Crippen molar-refractivity contribution < 1.29 is 9.59 Å². The average Bonchev–Trinajstić information content (AvgIpc) is 2.93. The zero-order valence-electron chi connectivity index (χ0n) is 25.1. The third-order valence-electron chi connectivity index (χ3n) is 7.06. The van der Waals surface area contributed by atoms with Gasteiger partial charge in [-0.1, -0.05) is 97.2 Å². The Hall–Kier alpha value is -3.50. The van der Waals surface area contributed by atoms with Crippen LogP contribution < -0.4 is 10.6 Å². The Bertz CT molecular complexity index is 1050. The molecule has 2 aromatic carbocycles. The lowest BCUT2D eigenvalue weighted by atomic mass is 10.1. The fourth-order valence-corrected chi connectivity index (χ4v) is 4.42. The number of hydrogen-bond acceptors (Lipinski definition) is 2. The van der Waals surface area contributed by atoms with Gasteiger partial charge in [0, 0.05) is 25.7 Å². The molecule has 0 aliphatic carbocycles. The Morgan fingerprint density at radius 2 is 0.925 bits per heavy atom. The van der Waals surface area contributed by atoms with Gasteiger partial charge in [0.1, 0.15) is 0 Å². The summed E-state index contributed by atoms with van der Waals surface area (Å²) in [6, 6.07) is 16.7. The van der Waals surface area contributed by atoms with Crippen LogP contribution in [0.2, 0.25) is 0 Å². The first kappa shape index (κ1) is 32.7. The summed E-state index contributed by atoms with van der Waals surface area (Å²) in [5.74, 6) is 12.4. The minimum absolute atomic E-state index is 0.0432. The van der Waals surface area contributed by atoms with Crippen molar-refractivity contribution in [2.45, 2.75) is 117 Å². The van der Waals surface area contributed by atoms with Gasteiger partial charge >= 0.3 is 0 Å². The molecule has 0 saturated heterocycles. The van der Waals surface area contributed by atoms with Gasteiger partial charge in [0.15, 0.2) is 0 Å². The second kappa shape index (κ2) is 19.5. The number of unbranched alkanes of at least 4 members (excludes halogenated alkanes) is 8. The molecule has 214 valence electrons. The third kappa shape index (κ3) is 14.6. The van der Waals surface area contributed by atoms with Gasteiger partial charge in [-0.3, -0.25) is 9.59 Å². The number of carbonyl (C=O) groups is 2. The average molecular weight is 541 g/mol. The molecule has 0 unspecified atom stereocenters. The highest BCUT2D eigenvalue weighted by atomic mass is 16.2. The van der Waals surface area contributed by atoms with Crippen LogP contribution in [0.4, 0.5) is 0 Å². The molecule has 2 aromatic rings. The lowest BCUT2D eigenvalue weighted by Crippen LogP contribution is -2.26. The first-order valence-corrected chi connectivity index (χ1v) is 15.0. The lowest BCUT2D eigenvalue weighted by Gasteiger charge is -2.14. The molecule has 0 saturated carbocycles. The van der Waals surface area contributed by atoms with Crippen LogP contribution in [0.3, 0.4) is 0 Å². The lowest BCUT2D eigenvalue weighted by molar-refractivity contribution is -0.122. The molecule has 40 heavy (non-hydrogen) atoms. The zero-order valence-corrected chi connectivity index (χ0v) is 25.1. The van der Waals surface area contributed by atoms with E-state index in [-0.39, 0.29) is 23.9 Å². The topological polar surface area (TPSA) is 58.2 Å². The second-order valence-corrected chi connectivity index (χ2v) is 10.8. The minimum Gasteiger partial charge on any atom is -0.350 e. The highest BCUT2D eigenvalue weighted by Crippen LogP contribution is 2.15. The molecular formula is C36H48N2O2. The van der Waals surface area contributed by atoms with Gasteiger partial charge in [-0.05, 0) is 76.3 Å². The maximum absolute atomic E-state index is 12.2. The summed E-state index contributed by atoms with van der Waals surface area (Å²) in [7, 11) is 0. The fraction of sp³-hybridized carbons (Fsp3) is 0.500. The Kier molecular flexibility index (Phi) is 16.0. The van der Waals surface area contributed by atoms with Gasteiger partial charge in [-0.25, -0.2) is 0 Å².